The number of aromatic nitrogens is 1. The van der Waals surface area contributed by atoms with Gasteiger partial charge in [-0.15, -0.1) is 0 Å². The van der Waals surface area contributed by atoms with Crippen LogP contribution in [0.5, 0.6) is 0 Å². The van der Waals surface area contributed by atoms with E-state index in [0.29, 0.717) is 11.6 Å². The lowest BCUT2D eigenvalue weighted by Crippen LogP contribution is -2.11. The fourth-order valence-corrected chi connectivity index (χ4v) is 2.34. The minimum Gasteiger partial charge on any atom is -0.460 e. The molecule has 2 aromatic heterocycles. The van der Waals surface area contributed by atoms with Gasteiger partial charge < -0.3 is 9.73 Å². The summed E-state index contributed by atoms with van der Waals surface area (Å²) in [6.45, 7) is 1.46. The Hall–Kier alpha value is -2.10. The Balaban J connectivity index is 1.62. The number of furan rings is 1. The van der Waals surface area contributed by atoms with Crippen LogP contribution in [-0.4, -0.2) is 4.98 Å². The van der Waals surface area contributed by atoms with Crippen molar-refractivity contribution in [3.8, 4) is 11.3 Å². The molecule has 1 N–H and O–H groups in total. The number of nitrogens with zero attached hydrogens (tertiary/aromatic N) is 1. The van der Waals surface area contributed by atoms with Gasteiger partial charge in [-0.1, -0.05) is 23.7 Å². The highest BCUT2D eigenvalue weighted by Crippen LogP contribution is 2.28. The lowest BCUT2D eigenvalue weighted by molar-refractivity contribution is 0.493. The summed E-state index contributed by atoms with van der Waals surface area (Å²) in [7, 11) is 0. The van der Waals surface area contributed by atoms with Crippen LogP contribution < -0.4 is 5.32 Å². The first-order valence-corrected chi connectivity index (χ1v) is 7.14. The quantitative estimate of drug-likeness (QED) is 0.764. The van der Waals surface area contributed by atoms with Crippen LogP contribution in [0.1, 0.15) is 11.3 Å². The van der Waals surface area contributed by atoms with Crippen LogP contribution in [0.25, 0.3) is 11.3 Å². The highest BCUT2D eigenvalue weighted by Gasteiger charge is 2.07. The summed E-state index contributed by atoms with van der Waals surface area (Å²) < 4.78 is 5.83. The molecule has 0 atom stereocenters. The van der Waals surface area contributed by atoms with Crippen molar-refractivity contribution in [3.05, 3.63) is 77.3 Å². The second-order valence-electron chi connectivity index (χ2n) is 4.70. The number of halogens is 1. The first-order chi connectivity index (χ1) is 10.3. The smallest absolute Gasteiger partial charge is 0.135 e. The molecule has 3 nitrogen and oxygen atoms in total. The molecule has 3 aromatic rings. The summed E-state index contributed by atoms with van der Waals surface area (Å²) in [5.74, 6) is 1.68. The molecule has 0 aliphatic rings. The maximum absolute atomic E-state index is 6.17. The van der Waals surface area contributed by atoms with E-state index in [0.717, 1.165) is 23.6 Å². The van der Waals surface area contributed by atoms with Gasteiger partial charge in [-0.05, 0) is 42.0 Å². The van der Waals surface area contributed by atoms with Gasteiger partial charge in [0.15, 0.2) is 0 Å². The molecule has 21 heavy (non-hydrogen) atoms. The number of pyridine rings is 1. The zero-order chi connectivity index (χ0) is 14.5. The lowest BCUT2D eigenvalue weighted by atomic mass is 10.2. The van der Waals surface area contributed by atoms with Gasteiger partial charge in [-0.2, -0.15) is 0 Å². The largest absolute Gasteiger partial charge is 0.460 e. The van der Waals surface area contributed by atoms with Crippen molar-refractivity contribution in [1.29, 1.82) is 0 Å². The monoisotopic (exact) mass is 298 g/mol. The van der Waals surface area contributed by atoms with Crippen LogP contribution >= 0.6 is 11.6 Å². The molecular weight excluding hydrogens is 284 g/mol. The van der Waals surface area contributed by atoms with Gasteiger partial charge in [-0.25, -0.2) is 0 Å². The number of hydrogen-bond donors (Lipinski definition) is 1. The van der Waals surface area contributed by atoms with Crippen molar-refractivity contribution in [3.63, 3.8) is 0 Å². The minimum absolute atomic E-state index is 0.673. The highest BCUT2D eigenvalue weighted by atomic mass is 35.5. The molecule has 0 aliphatic carbocycles. The molecule has 0 saturated heterocycles. The Bertz CT molecular complexity index is 710. The van der Waals surface area contributed by atoms with Crippen molar-refractivity contribution in [1.82, 2.24) is 10.3 Å². The van der Waals surface area contributed by atoms with Crippen molar-refractivity contribution >= 4 is 11.6 Å². The van der Waals surface area contributed by atoms with E-state index in [-0.39, 0.29) is 0 Å². The molecule has 0 saturated carbocycles. The van der Waals surface area contributed by atoms with Crippen LogP contribution in [0.3, 0.4) is 0 Å². The first kappa shape index (κ1) is 13.9. The maximum atomic E-state index is 6.17. The summed E-state index contributed by atoms with van der Waals surface area (Å²) in [5.41, 5.74) is 2.11. The lowest BCUT2D eigenvalue weighted by Gasteiger charge is -2.03. The molecule has 0 amide bonds. The molecule has 0 bridgehead atoms. The highest BCUT2D eigenvalue weighted by molar-refractivity contribution is 6.33. The maximum Gasteiger partial charge on any atom is 0.135 e. The Labute approximate surface area is 128 Å². The van der Waals surface area contributed by atoms with E-state index in [1.54, 1.807) is 12.4 Å². The van der Waals surface area contributed by atoms with E-state index in [9.17, 15) is 0 Å². The number of rotatable bonds is 5. The van der Waals surface area contributed by atoms with Gasteiger partial charge in [0, 0.05) is 24.5 Å². The zero-order valence-electron chi connectivity index (χ0n) is 11.4. The molecule has 0 fully saturated rings. The van der Waals surface area contributed by atoms with E-state index >= 15 is 0 Å². The van der Waals surface area contributed by atoms with Crippen molar-refractivity contribution < 1.29 is 4.42 Å². The normalized spacial score (nSPS) is 10.7. The fraction of sp³-hybridized carbons (Fsp3) is 0.118. The van der Waals surface area contributed by atoms with Crippen molar-refractivity contribution in [2.75, 3.05) is 0 Å². The third-order valence-electron chi connectivity index (χ3n) is 3.18. The number of hydrogen-bond acceptors (Lipinski definition) is 3. The first-order valence-electron chi connectivity index (χ1n) is 6.76. The number of nitrogens with one attached hydrogen (secondary N) is 1. The SMILES string of the molecule is Clc1ccccc1-c1ccc(CNCc2ccncc2)o1. The van der Waals surface area contributed by atoms with Crippen LogP contribution in [0, 0.1) is 0 Å². The molecule has 1 aromatic carbocycles. The molecular formula is C17H15ClN2O. The second-order valence-corrected chi connectivity index (χ2v) is 5.11. The summed E-state index contributed by atoms with van der Waals surface area (Å²) >= 11 is 6.17. The average molecular weight is 299 g/mol. The van der Waals surface area contributed by atoms with Gasteiger partial charge >= 0.3 is 0 Å². The molecule has 2 heterocycles. The van der Waals surface area contributed by atoms with Gasteiger partial charge in [0.2, 0.25) is 0 Å². The van der Waals surface area contributed by atoms with E-state index < -0.39 is 0 Å². The predicted octanol–water partition coefficient (Wildman–Crippen LogP) is 4.28. The fourth-order valence-electron chi connectivity index (χ4n) is 2.11. The van der Waals surface area contributed by atoms with Crippen LogP contribution in [0.2, 0.25) is 5.02 Å². The van der Waals surface area contributed by atoms with Crippen molar-refractivity contribution in [2.24, 2.45) is 0 Å². The van der Waals surface area contributed by atoms with E-state index in [4.69, 9.17) is 16.0 Å². The molecule has 106 valence electrons. The van der Waals surface area contributed by atoms with Crippen LogP contribution in [0.4, 0.5) is 0 Å². The third kappa shape index (κ3) is 3.51. The topological polar surface area (TPSA) is 38.1 Å². The molecule has 4 heteroatoms. The summed E-state index contributed by atoms with van der Waals surface area (Å²) in [6, 6.07) is 15.6. The van der Waals surface area contributed by atoms with E-state index in [1.807, 2.05) is 48.5 Å². The zero-order valence-corrected chi connectivity index (χ0v) is 12.2. The van der Waals surface area contributed by atoms with Gasteiger partial charge in [0.25, 0.3) is 0 Å². The minimum atomic E-state index is 0.673. The number of benzene rings is 1. The Morgan fingerprint density at radius 3 is 2.57 bits per heavy atom. The standard InChI is InChI=1S/C17H15ClN2O/c18-16-4-2-1-3-15(16)17-6-5-14(21-17)12-20-11-13-7-9-19-10-8-13/h1-10,20H,11-12H2. The summed E-state index contributed by atoms with van der Waals surface area (Å²) in [4.78, 5) is 4.00. The van der Waals surface area contributed by atoms with Crippen molar-refractivity contribution in [2.45, 2.75) is 13.1 Å². The Morgan fingerprint density at radius 1 is 0.952 bits per heavy atom. The molecule has 0 spiro atoms. The van der Waals surface area contributed by atoms with Crippen LogP contribution in [0.15, 0.2) is 65.3 Å². The molecule has 0 radical (unpaired) electrons. The molecule has 3 rings (SSSR count). The van der Waals surface area contributed by atoms with Gasteiger partial charge in [-0.3, -0.25) is 4.98 Å². The Morgan fingerprint density at radius 2 is 1.76 bits per heavy atom. The van der Waals surface area contributed by atoms with Gasteiger partial charge in [0.1, 0.15) is 11.5 Å². The summed E-state index contributed by atoms with van der Waals surface area (Å²) in [5, 5.41) is 4.04. The third-order valence-corrected chi connectivity index (χ3v) is 3.51. The Kier molecular flexibility index (Phi) is 4.34. The van der Waals surface area contributed by atoms with E-state index in [2.05, 4.69) is 10.3 Å². The van der Waals surface area contributed by atoms with E-state index in [1.165, 1.54) is 5.56 Å². The molecule has 0 unspecified atom stereocenters. The van der Waals surface area contributed by atoms with Crippen LogP contribution in [-0.2, 0) is 13.1 Å². The average Bonchev–Trinajstić information content (AvgIpc) is 2.97. The second kappa shape index (κ2) is 6.57. The van der Waals surface area contributed by atoms with Gasteiger partial charge in [0.05, 0.1) is 11.6 Å². The summed E-state index contributed by atoms with van der Waals surface area (Å²) in [6.07, 6.45) is 3.58. The molecule has 0 aliphatic heterocycles. The predicted molar refractivity (Wildman–Crippen MR) is 83.9 cm³/mol.